The SMILES string of the molecule is COC1OC(C)C(O)(CO)C2OC12. The number of hydrogen-bond acceptors (Lipinski definition) is 5. The predicted octanol–water partition coefficient (Wildman–Crippen LogP) is -1.13. The van der Waals surface area contributed by atoms with Crippen LogP contribution in [-0.2, 0) is 14.2 Å². The molecule has 13 heavy (non-hydrogen) atoms. The molecule has 2 rings (SSSR count). The van der Waals surface area contributed by atoms with Gasteiger partial charge >= 0.3 is 0 Å². The maximum Gasteiger partial charge on any atom is 0.186 e. The van der Waals surface area contributed by atoms with E-state index in [4.69, 9.17) is 19.3 Å². The van der Waals surface area contributed by atoms with E-state index in [0.29, 0.717) is 0 Å². The van der Waals surface area contributed by atoms with Gasteiger partial charge in [0.05, 0.1) is 12.7 Å². The highest BCUT2D eigenvalue weighted by Gasteiger charge is 2.64. The van der Waals surface area contributed by atoms with Gasteiger partial charge in [0.15, 0.2) is 6.29 Å². The molecule has 5 nitrogen and oxygen atoms in total. The molecule has 2 fully saturated rings. The van der Waals surface area contributed by atoms with Crippen LogP contribution in [0, 0.1) is 0 Å². The van der Waals surface area contributed by atoms with E-state index in [-0.39, 0.29) is 18.8 Å². The Labute approximate surface area is 76.2 Å². The lowest BCUT2D eigenvalue weighted by atomic mass is 9.90. The van der Waals surface area contributed by atoms with Crippen LogP contribution in [0.1, 0.15) is 6.92 Å². The number of rotatable bonds is 2. The fraction of sp³-hybridized carbons (Fsp3) is 1.00. The minimum absolute atomic E-state index is 0.238. The van der Waals surface area contributed by atoms with E-state index in [2.05, 4.69) is 0 Å². The molecule has 5 atom stereocenters. The lowest BCUT2D eigenvalue weighted by molar-refractivity contribution is -0.231. The number of aliphatic hydroxyl groups is 2. The van der Waals surface area contributed by atoms with Crippen molar-refractivity contribution in [1.82, 2.24) is 0 Å². The Balaban J connectivity index is 2.12. The molecule has 0 aromatic carbocycles. The molecule has 5 heteroatoms. The van der Waals surface area contributed by atoms with Crippen LogP contribution in [0.2, 0.25) is 0 Å². The highest BCUT2D eigenvalue weighted by molar-refractivity contribution is 5.09. The molecule has 0 spiro atoms. The average molecular weight is 190 g/mol. The summed E-state index contributed by atoms with van der Waals surface area (Å²) in [7, 11) is 1.53. The molecule has 5 unspecified atom stereocenters. The van der Waals surface area contributed by atoms with E-state index in [9.17, 15) is 5.11 Å². The van der Waals surface area contributed by atoms with Crippen LogP contribution in [-0.4, -0.2) is 54.1 Å². The van der Waals surface area contributed by atoms with Crippen molar-refractivity contribution in [1.29, 1.82) is 0 Å². The summed E-state index contributed by atoms with van der Waals surface area (Å²) in [5.41, 5.74) is -1.28. The van der Waals surface area contributed by atoms with Gasteiger partial charge in [0.2, 0.25) is 0 Å². The van der Waals surface area contributed by atoms with Crippen molar-refractivity contribution in [2.45, 2.75) is 37.1 Å². The smallest absolute Gasteiger partial charge is 0.186 e. The van der Waals surface area contributed by atoms with Crippen LogP contribution >= 0.6 is 0 Å². The van der Waals surface area contributed by atoms with E-state index < -0.39 is 18.0 Å². The number of hydrogen-bond donors (Lipinski definition) is 2. The van der Waals surface area contributed by atoms with Gasteiger partial charge in [-0.3, -0.25) is 0 Å². The third-order valence-electron chi connectivity index (χ3n) is 2.81. The molecule has 2 saturated heterocycles. The molecule has 0 aromatic rings. The Morgan fingerprint density at radius 3 is 2.69 bits per heavy atom. The fourth-order valence-corrected chi connectivity index (χ4v) is 1.77. The van der Waals surface area contributed by atoms with Crippen LogP contribution in [0.3, 0.4) is 0 Å². The predicted molar refractivity (Wildman–Crippen MR) is 42.0 cm³/mol. The maximum atomic E-state index is 9.92. The zero-order valence-corrected chi connectivity index (χ0v) is 7.64. The van der Waals surface area contributed by atoms with Crippen molar-refractivity contribution < 1.29 is 24.4 Å². The summed E-state index contributed by atoms with van der Waals surface area (Å²) < 4.78 is 15.6. The lowest BCUT2D eigenvalue weighted by Gasteiger charge is -2.36. The molecule has 2 aliphatic heterocycles. The Bertz CT molecular complexity index is 205. The molecule has 0 bridgehead atoms. The fourth-order valence-electron chi connectivity index (χ4n) is 1.77. The molecule has 0 saturated carbocycles. The molecule has 76 valence electrons. The summed E-state index contributed by atoms with van der Waals surface area (Å²) in [4.78, 5) is 0. The van der Waals surface area contributed by atoms with Crippen LogP contribution in [0.5, 0.6) is 0 Å². The number of ether oxygens (including phenoxy) is 3. The van der Waals surface area contributed by atoms with Gasteiger partial charge in [-0.05, 0) is 6.92 Å². The molecule has 2 N–H and O–H groups in total. The molecule has 2 heterocycles. The molecule has 0 radical (unpaired) electrons. The molecular weight excluding hydrogens is 176 g/mol. The highest BCUT2D eigenvalue weighted by atomic mass is 16.7. The van der Waals surface area contributed by atoms with Gasteiger partial charge in [0.1, 0.15) is 17.8 Å². The van der Waals surface area contributed by atoms with E-state index in [1.54, 1.807) is 6.92 Å². The Morgan fingerprint density at radius 1 is 1.46 bits per heavy atom. The van der Waals surface area contributed by atoms with Crippen molar-refractivity contribution in [2.24, 2.45) is 0 Å². The number of epoxide rings is 1. The Morgan fingerprint density at radius 2 is 2.15 bits per heavy atom. The third kappa shape index (κ3) is 1.19. The van der Waals surface area contributed by atoms with E-state index >= 15 is 0 Å². The molecule has 0 aliphatic carbocycles. The van der Waals surface area contributed by atoms with Crippen LogP contribution in [0.4, 0.5) is 0 Å². The van der Waals surface area contributed by atoms with Gasteiger partial charge in [0, 0.05) is 7.11 Å². The number of methoxy groups -OCH3 is 1. The Kier molecular flexibility index (Phi) is 2.08. The summed E-state index contributed by atoms with van der Waals surface area (Å²) in [6, 6.07) is 0. The van der Waals surface area contributed by atoms with Crippen molar-refractivity contribution in [3.8, 4) is 0 Å². The van der Waals surface area contributed by atoms with Gasteiger partial charge in [0.25, 0.3) is 0 Å². The number of aliphatic hydroxyl groups excluding tert-OH is 1. The van der Waals surface area contributed by atoms with Crippen LogP contribution < -0.4 is 0 Å². The molecule has 0 amide bonds. The Hall–Kier alpha value is -0.200. The summed E-state index contributed by atoms with van der Waals surface area (Å²) >= 11 is 0. The summed E-state index contributed by atoms with van der Waals surface area (Å²) in [5, 5.41) is 18.9. The first-order valence-electron chi connectivity index (χ1n) is 4.30. The van der Waals surface area contributed by atoms with Gasteiger partial charge < -0.3 is 24.4 Å². The number of fused-ring (bicyclic) bond motifs is 1. The normalized spacial score (nSPS) is 54.5. The summed E-state index contributed by atoms with van der Waals surface area (Å²) in [6.45, 7) is 1.34. The van der Waals surface area contributed by atoms with E-state index in [0.717, 1.165) is 0 Å². The minimum atomic E-state index is -1.28. The van der Waals surface area contributed by atoms with E-state index in [1.807, 2.05) is 0 Å². The zero-order chi connectivity index (χ0) is 9.64. The lowest BCUT2D eigenvalue weighted by Crippen LogP contribution is -2.57. The molecule has 0 aromatic heterocycles. The first kappa shape index (κ1) is 9.36. The van der Waals surface area contributed by atoms with Gasteiger partial charge in [-0.25, -0.2) is 0 Å². The maximum absolute atomic E-state index is 9.92. The van der Waals surface area contributed by atoms with Gasteiger partial charge in [-0.2, -0.15) is 0 Å². The molecule has 2 aliphatic rings. The van der Waals surface area contributed by atoms with Gasteiger partial charge in [-0.1, -0.05) is 0 Å². The summed E-state index contributed by atoms with van der Waals surface area (Å²) in [6.07, 6.45) is -1.50. The second kappa shape index (κ2) is 2.90. The van der Waals surface area contributed by atoms with Crippen molar-refractivity contribution in [3.05, 3.63) is 0 Å². The zero-order valence-electron chi connectivity index (χ0n) is 7.64. The highest BCUT2D eigenvalue weighted by Crippen LogP contribution is 2.43. The van der Waals surface area contributed by atoms with E-state index in [1.165, 1.54) is 7.11 Å². The first-order valence-corrected chi connectivity index (χ1v) is 4.30. The van der Waals surface area contributed by atoms with Crippen LogP contribution in [0.25, 0.3) is 0 Å². The van der Waals surface area contributed by atoms with Crippen molar-refractivity contribution >= 4 is 0 Å². The summed E-state index contributed by atoms with van der Waals surface area (Å²) in [5.74, 6) is 0. The third-order valence-corrected chi connectivity index (χ3v) is 2.81. The van der Waals surface area contributed by atoms with Gasteiger partial charge in [-0.15, -0.1) is 0 Å². The first-order chi connectivity index (χ1) is 6.13. The topological polar surface area (TPSA) is 71.5 Å². The largest absolute Gasteiger partial charge is 0.393 e. The van der Waals surface area contributed by atoms with Crippen molar-refractivity contribution in [3.63, 3.8) is 0 Å². The standard InChI is InChI=1S/C8H14O5/c1-4-8(10,3-9)6-5(13-6)7(11-2)12-4/h4-7,9-10H,3H2,1-2H3. The molecular formula is C8H14O5. The monoisotopic (exact) mass is 190 g/mol. The average Bonchev–Trinajstić information content (AvgIpc) is 2.91. The minimum Gasteiger partial charge on any atom is -0.393 e. The second-order valence-corrected chi connectivity index (χ2v) is 3.55. The van der Waals surface area contributed by atoms with Crippen LogP contribution in [0.15, 0.2) is 0 Å². The quantitative estimate of drug-likeness (QED) is 0.539. The second-order valence-electron chi connectivity index (χ2n) is 3.55. The van der Waals surface area contributed by atoms with Crippen molar-refractivity contribution in [2.75, 3.05) is 13.7 Å².